The van der Waals surface area contributed by atoms with E-state index in [4.69, 9.17) is 9.84 Å². The highest BCUT2D eigenvalue weighted by Gasteiger charge is 2.21. The number of phenolic OH excluding ortho intramolecular Hbond substituents is 1. The van der Waals surface area contributed by atoms with Gasteiger partial charge in [0, 0.05) is 13.1 Å². The first kappa shape index (κ1) is 16.3. The van der Waals surface area contributed by atoms with E-state index in [1.165, 1.54) is 0 Å². The molecule has 1 aromatic rings. The van der Waals surface area contributed by atoms with Crippen LogP contribution in [0.2, 0.25) is 0 Å². The summed E-state index contributed by atoms with van der Waals surface area (Å²) >= 11 is 0. The summed E-state index contributed by atoms with van der Waals surface area (Å²) in [6.45, 7) is 8.04. The Kier molecular flexibility index (Phi) is 6.91. The van der Waals surface area contributed by atoms with E-state index in [1.807, 2.05) is 13.8 Å². The third kappa shape index (κ3) is 5.11. The Labute approximate surface area is 121 Å². The fourth-order valence-corrected chi connectivity index (χ4v) is 2.02. The molecule has 2 rings (SSSR count). The van der Waals surface area contributed by atoms with Crippen LogP contribution in [0.3, 0.4) is 0 Å². The summed E-state index contributed by atoms with van der Waals surface area (Å²) in [5.74, 6) is 0.918. The van der Waals surface area contributed by atoms with Crippen LogP contribution in [0.25, 0.3) is 0 Å². The van der Waals surface area contributed by atoms with Crippen molar-refractivity contribution in [1.82, 2.24) is 4.90 Å². The lowest BCUT2D eigenvalue weighted by Crippen LogP contribution is -2.38. The smallest absolute Gasteiger partial charge is 0.410 e. The molecule has 4 heteroatoms. The van der Waals surface area contributed by atoms with Crippen molar-refractivity contribution in [1.29, 1.82) is 0 Å². The minimum Gasteiger partial charge on any atom is -0.508 e. The first-order valence-corrected chi connectivity index (χ1v) is 7.35. The number of hydrogen-bond acceptors (Lipinski definition) is 3. The predicted molar refractivity (Wildman–Crippen MR) is 79.6 cm³/mol. The maximum Gasteiger partial charge on any atom is 0.410 e. The molecule has 0 saturated carbocycles. The number of phenols is 1. The van der Waals surface area contributed by atoms with Crippen LogP contribution in [-0.4, -0.2) is 29.2 Å². The third-order valence-electron chi connectivity index (χ3n) is 3.34. The molecule has 0 radical (unpaired) electrons. The number of carbonyl (C=O) groups is 1. The zero-order valence-corrected chi connectivity index (χ0v) is 12.6. The van der Waals surface area contributed by atoms with Crippen molar-refractivity contribution < 1.29 is 14.6 Å². The highest BCUT2D eigenvalue weighted by Crippen LogP contribution is 2.17. The maximum absolute atomic E-state index is 11.8. The lowest BCUT2D eigenvalue weighted by atomic mass is 10.00. The fourth-order valence-electron chi connectivity index (χ4n) is 2.02. The molecule has 1 fully saturated rings. The van der Waals surface area contributed by atoms with Crippen LogP contribution in [0.4, 0.5) is 4.79 Å². The van der Waals surface area contributed by atoms with E-state index < -0.39 is 0 Å². The molecule has 1 aliphatic heterocycles. The van der Waals surface area contributed by atoms with Crippen molar-refractivity contribution >= 4 is 6.09 Å². The van der Waals surface area contributed by atoms with Gasteiger partial charge in [0.15, 0.2) is 0 Å². The summed E-state index contributed by atoms with van der Waals surface area (Å²) in [5.41, 5.74) is 0.881. The standard InChI is InChI=1S/C14H19NO3.C2H6/c1-11-6-8-15(9-7-11)14(17)18-10-12-2-4-13(16)5-3-12;1-2/h2-5,11,16H,6-10H2,1H3;1-2H3. The largest absolute Gasteiger partial charge is 0.508 e. The Balaban J connectivity index is 0.000000956. The number of rotatable bonds is 2. The van der Waals surface area contributed by atoms with Crippen molar-refractivity contribution in [2.45, 2.75) is 40.2 Å². The summed E-state index contributed by atoms with van der Waals surface area (Å²) in [7, 11) is 0. The number of benzene rings is 1. The van der Waals surface area contributed by atoms with Gasteiger partial charge in [-0.3, -0.25) is 0 Å². The molecule has 0 atom stereocenters. The number of carbonyl (C=O) groups excluding carboxylic acids is 1. The van der Waals surface area contributed by atoms with Gasteiger partial charge in [-0.1, -0.05) is 32.9 Å². The zero-order valence-electron chi connectivity index (χ0n) is 12.6. The summed E-state index contributed by atoms with van der Waals surface area (Å²) in [4.78, 5) is 13.6. The number of amides is 1. The highest BCUT2D eigenvalue weighted by molar-refractivity contribution is 5.67. The highest BCUT2D eigenvalue weighted by atomic mass is 16.6. The summed E-state index contributed by atoms with van der Waals surface area (Å²) in [6.07, 6.45) is 1.86. The summed E-state index contributed by atoms with van der Waals surface area (Å²) in [5, 5.41) is 9.15. The average Bonchev–Trinajstić information content (AvgIpc) is 2.49. The number of piperidine rings is 1. The van der Waals surface area contributed by atoms with E-state index in [0.717, 1.165) is 31.5 Å². The van der Waals surface area contributed by atoms with Crippen LogP contribution in [0.15, 0.2) is 24.3 Å². The first-order chi connectivity index (χ1) is 9.65. The normalized spacial score (nSPS) is 15.2. The summed E-state index contributed by atoms with van der Waals surface area (Å²) in [6, 6.07) is 6.68. The van der Waals surface area contributed by atoms with E-state index in [1.54, 1.807) is 29.2 Å². The summed E-state index contributed by atoms with van der Waals surface area (Å²) < 4.78 is 5.25. The molecule has 0 spiro atoms. The first-order valence-electron chi connectivity index (χ1n) is 7.35. The molecule has 0 bridgehead atoms. The van der Waals surface area contributed by atoms with Crippen LogP contribution < -0.4 is 0 Å². The molecule has 1 aliphatic rings. The van der Waals surface area contributed by atoms with Crippen LogP contribution in [0, 0.1) is 5.92 Å². The van der Waals surface area contributed by atoms with Crippen molar-refractivity contribution in [2.24, 2.45) is 5.92 Å². The van der Waals surface area contributed by atoms with E-state index in [0.29, 0.717) is 5.92 Å². The second-order valence-corrected chi connectivity index (χ2v) is 4.89. The molecule has 1 amide bonds. The number of nitrogens with zero attached hydrogens (tertiary/aromatic N) is 1. The topological polar surface area (TPSA) is 49.8 Å². The van der Waals surface area contributed by atoms with Crippen molar-refractivity contribution in [2.75, 3.05) is 13.1 Å². The van der Waals surface area contributed by atoms with E-state index >= 15 is 0 Å². The Morgan fingerprint density at radius 1 is 1.25 bits per heavy atom. The lowest BCUT2D eigenvalue weighted by Gasteiger charge is -2.29. The SMILES string of the molecule is CC.CC1CCN(C(=O)OCc2ccc(O)cc2)CC1. The Morgan fingerprint density at radius 3 is 2.35 bits per heavy atom. The van der Waals surface area contributed by atoms with Gasteiger partial charge in [-0.2, -0.15) is 0 Å². The van der Waals surface area contributed by atoms with Crippen LogP contribution in [0.5, 0.6) is 5.75 Å². The maximum atomic E-state index is 11.8. The Morgan fingerprint density at radius 2 is 1.80 bits per heavy atom. The van der Waals surface area contributed by atoms with Gasteiger partial charge in [-0.05, 0) is 36.5 Å². The molecule has 20 heavy (non-hydrogen) atoms. The van der Waals surface area contributed by atoms with Gasteiger partial charge < -0.3 is 14.7 Å². The number of ether oxygens (including phenoxy) is 1. The van der Waals surface area contributed by atoms with Gasteiger partial charge >= 0.3 is 6.09 Å². The molecule has 0 unspecified atom stereocenters. The lowest BCUT2D eigenvalue weighted by molar-refractivity contribution is 0.0837. The molecule has 112 valence electrons. The number of aromatic hydroxyl groups is 1. The minimum absolute atomic E-state index is 0.218. The van der Waals surface area contributed by atoms with Crippen molar-refractivity contribution in [3.8, 4) is 5.75 Å². The van der Waals surface area contributed by atoms with Gasteiger partial charge in [0.2, 0.25) is 0 Å². The molecule has 1 heterocycles. The van der Waals surface area contributed by atoms with Crippen molar-refractivity contribution in [3.63, 3.8) is 0 Å². The fraction of sp³-hybridized carbons (Fsp3) is 0.562. The Bertz CT molecular complexity index is 395. The Hall–Kier alpha value is -1.71. The molecule has 1 aromatic carbocycles. The zero-order chi connectivity index (χ0) is 15.0. The van der Waals surface area contributed by atoms with Crippen LogP contribution in [-0.2, 0) is 11.3 Å². The van der Waals surface area contributed by atoms with Gasteiger partial charge in [0.05, 0.1) is 0 Å². The monoisotopic (exact) mass is 279 g/mol. The number of hydrogen-bond donors (Lipinski definition) is 1. The number of likely N-dealkylation sites (tertiary alicyclic amines) is 1. The van der Waals surface area contributed by atoms with E-state index in [9.17, 15) is 4.79 Å². The van der Waals surface area contributed by atoms with E-state index in [2.05, 4.69) is 6.92 Å². The van der Waals surface area contributed by atoms with Crippen LogP contribution >= 0.6 is 0 Å². The molecular weight excluding hydrogens is 254 g/mol. The average molecular weight is 279 g/mol. The molecule has 1 N–H and O–H groups in total. The molecule has 0 aliphatic carbocycles. The van der Waals surface area contributed by atoms with Crippen LogP contribution in [0.1, 0.15) is 39.2 Å². The second-order valence-electron chi connectivity index (χ2n) is 4.89. The predicted octanol–water partition coefficient (Wildman–Crippen LogP) is 3.79. The van der Waals surface area contributed by atoms with E-state index in [-0.39, 0.29) is 18.4 Å². The third-order valence-corrected chi connectivity index (χ3v) is 3.34. The quantitative estimate of drug-likeness (QED) is 0.896. The molecule has 4 nitrogen and oxygen atoms in total. The van der Waals surface area contributed by atoms with Gasteiger partial charge in [-0.15, -0.1) is 0 Å². The van der Waals surface area contributed by atoms with Gasteiger partial charge in [0.1, 0.15) is 12.4 Å². The molecule has 0 aromatic heterocycles. The second kappa shape index (κ2) is 8.46. The molecule has 1 saturated heterocycles. The minimum atomic E-state index is -0.241. The molecular formula is C16H25NO3. The van der Waals surface area contributed by atoms with Crippen molar-refractivity contribution in [3.05, 3.63) is 29.8 Å². The van der Waals surface area contributed by atoms with Gasteiger partial charge in [-0.25, -0.2) is 4.79 Å². The van der Waals surface area contributed by atoms with Gasteiger partial charge in [0.25, 0.3) is 0 Å².